The highest BCUT2D eigenvalue weighted by molar-refractivity contribution is 7.89. The molecule has 10 heteroatoms. The molecule has 1 atom stereocenters. The first kappa shape index (κ1) is 25.7. The van der Waals surface area contributed by atoms with Crippen molar-refractivity contribution >= 4 is 21.8 Å². The summed E-state index contributed by atoms with van der Waals surface area (Å²) in [7, 11) is -3.83. The van der Waals surface area contributed by atoms with Crippen molar-refractivity contribution in [2.75, 3.05) is 26.2 Å². The fraction of sp³-hybridized carbons (Fsp3) is 0.783. The number of amides is 2. The van der Waals surface area contributed by atoms with Gasteiger partial charge in [-0.2, -0.15) is 9.40 Å². The van der Waals surface area contributed by atoms with E-state index < -0.39 is 10.0 Å². The number of carbonyl (C=O) groups excluding carboxylic acids is 2. The molecule has 1 aromatic rings. The molecule has 3 heterocycles. The van der Waals surface area contributed by atoms with Crippen molar-refractivity contribution in [1.82, 2.24) is 24.3 Å². The zero-order valence-electron chi connectivity index (χ0n) is 20.8. The molecule has 2 amide bonds. The molecule has 0 aromatic carbocycles. The predicted octanol–water partition coefficient (Wildman–Crippen LogP) is 2.07. The Morgan fingerprint density at radius 3 is 2.33 bits per heavy atom. The third kappa shape index (κ3) is 5.95. The van der Waals surface area contributed by atoms with Crippen LogP contribution in [0.3, 0.4) is 0 Å². The Morgan fingerprint density at radius 1 is 1.09 bits per heavy atom. The van der Waals surface area contributed by atoms with Crippen molar-refractivity contribution in [3.8, 4) is 0 Å². The SMILES string of the molecule is Cc1nn(CC(=O)NC(C)(C)C)c(C)c1S(=O)(=O)N1CCCC(C(=O)N2CCC(C)CC2)C1. The Kier molecular flexibility index (Phi) is 7.58. The van der Waals surface area contributed by atoms with Crippen molar-refractivity contribution in [2.24, 2.45) is 11.8 Å². The minimum Gasteiger partial charge on any atom is -0.350 e. The lowest BCUT2D eigenvalue weighted by atomic mass is 9.94. The number of aryl methyl sites for hydroxylation is 1. The van der Waals surface area contributed by atoms with Crippen molar-refractivity contribution in [1.29, 1.82) is 0 Å². The van der Waals surface area contributed by atoms with E-state index >= 15 is 0 Å². The van der Waals surface area contributed by atoms with Crippen LogP contribution in [0.1, 0.15) is 64.8 Å². The molecule has 2 aliphatic heterocycles. The van der Waals surface area contributed by atoms with E-state index in [0.717, 1.165) is 25.9 Å². The second-order valence-electron chi connectivity index (χ2n) is 10.7. The Balaban J connectivity index is 1.76. The zero-order valence-corrected chi connectivity index (χ0v) is 21.7. The summed E-state index contributed by atoms with van der Waals surface area (Å²) >= 11 is 0. The van der Waals surface area contributed by atoms with Gasteiger partial charge in [-0.15, -0.1) is 0 Å². The lowest BCUT2D eigenvalue weighted by Gasteiger charge is -2.36. The Hall–Kier alpha value is -1.94. The molecular formula is C23H39N5O4S. The summed E-state index contributed by atoms with van der Waals surface area (Å²) in [4.78, 5) is 27.5. The summed E-state index contributed by atoms with van der Waals surface area (Å²) in [5.41, 5.74) is 0.425. The van der Waals surface area contributed by atoms with Gasteiger partial charge in [0.15, 0.2) is 0 Å². The number of piperidine rings is 2. The molecule has 0 saturated carbocycles. The smallest absolute Gasteiger partial charge is 0.246 e. The third-order valence-corrected chi connectivity index (χ3v) is 8.67. The number of carbonyl (C=O) groups is 2. The maximum absolute atomic E-state index is 13.6. The third-order valence-electron chi connectivity index (χ3n) is 6.55. The van der Waals surface area contributed by atoms with Crippen molar-refractivity contribution in [3.63, 3.8) is 0 Å². The molecule has 2 fully saturated rings. The molecule has 0 spiro atoms. The number of likely N-dealkylation sites (tertiary alicyclic amines) is 1. The molecule has 0 radical (unpaired) electrons. The van der Waals surface area contributed by atoms with Crippen LogP contribution in [0, 0.1) is 25.7 Å². The zero-order chi connectivity index (χ0) is 24.6. The van der Waals surface area contributed by atoms with E-state index in [0.29, 0.717) is 36.7 Å². The van der Waals surface area contributed by atoms with Gasteiger partial charge < -0.3 is 10.2 Å². The summed E-state index contributed by atoms with van der Waals surface area (Å²) in [5.74, 6) is 0.168. The van der Waals surface area contributed by atoms with Gasteiger partial charge in [0.05, 0.1) is 17.3 Å². The molecule has 186 valence electrons. The van der Waals surface area contributed by atoms with E-state index in [1.807, 2.05) is 25.7 Å². The second kappa shape index (κ2) is 9.74. The fourth-order valence-electron chi connectivity index (χ4n) is 4.78. The minimum atomic E-state index is -3.83. The van der Waals surface area contributed by atoms with Gasteiger partial charge >= 0.3 is 0 Å². The maximum atomic E-state index is 13.6. The van der Waals surface area contributed by atoms with Crippen LogP contribution in [0.25, 0.3) is 0 Å². The Bertz CT molecular complexity index is 987. The van der Waals surface area contributed by atoms with Crippen LogP contribution in [-0.4, -0.2) is 70.9 Å². The van der Waals surface area contributed by atoms with Gasteiger partial charge in [0, 0.05) is 31.7 Å². The number of nitrogens with zero attached hydrogens (tertiary/aromatic N) is 4. The summed E-state index contributed by atoms with van der Waals surface area (Å²) in [6.07, 6.45) is 3.36. The number of rotatable bonds is 5. The van der Waals surface area contributed by atoms with Gasteiger partial charge in [0.25, 0.3) is 0 Å². The molecule has 33 heavy (non-hydrogen) atoms. The normalized spacial score (nSPS) is 21.3. The van der Waals surface area contributed by atoms with E-state index in [2.05, 4.69) is 17.3 Å². The molecule has 1 unspecified atom stereocenters. The van der Waals surface area contributed by atoms with Crippen LogP contribution in [0.15, 0.2) is 4.90 Å². The molecule has 0 aliphatic carbocycles. The largest absolute Gasteiger partial charge is 0.350 e. The summed E-state index contributed by atoms with van der Waals surface area (Å²) in [6, 6.07) is 0. The fourth-order valence-corrected chi connectivity index (χ4v) is 6.68. The predicted molar refractivity (Wildman–Crippen MR) is 126 cm³/mol. The number of aromatic nitrogens is 2. The van der Waals surface area contributed by atoms with Crippen molar-refractivity contribution < 1.29 is 18.0 Å². The lowest BCUT2D eigenvalue weighted by molar-refractivity contribution is -0.138. The first-order chi connectivity index (χ1) is 15.3. The highest BCUT2D eigenvalue weighted by Crippen LogP contribution is 2.29. The molecule has 0 bridgehead atoms. The number of nitrogens with one attached hydrogen (secondary N) is 1. The van der Waals surface area contributed by atoms with Crippen molar-refractivity contribution in [2.45, 2.75) is 84.2 Å². The summed E-state index contributed by atoms with van der Waals surface area (Å²) < 4.78 is 30.1. The van der Waals surface area contributed by atoms with Crippen LogP contribution in [0.5, 0.6) is 0 Å². The van der Waals surface area contributed by atoms with Gasteiger partial charge in [0.2, 0.25) is 21.8 Å². The second-order valence-corrected chi connectivity index (χ2v) is 12.5. The van der Waals surface area contributed by atoms with Gasteiger partial charge in [-0.25, -0.2) is 8.42 Å². The molecule has 1 aromatic heterocycles. The van der Waals surface area contributed by atoms with Gasteiger partial charge in [0.1, 0.15) is 11.4 Å². The highest BCUT2D eigenvalue weighted by atomic mass is 32.2. The van der Waals surface area contributed by atoms with Crippen LogP contribution in [0.2, 0.25) is 0 Å². The van der Waals surface area contributed by atoms with E-state index in [9.17, 15) is 18.0 Å². The van der Waals surface area contributed by atoms with Gasteiger partial charge in [-0.1, -0.05) is 6.92 Å². The maximum Gasteiger partial charge on any atom is 0.246 e. The van der Waals surface area contributed by atoms with Crippen LogP contribution in [-0.2, 0) is 26.2 Å². The molecule has 1 N–H and O–H groups in total. The van der Waals surface area contributed by atoms with E-state index in [1.165, 1.54) is 8.99 Å². The van der Waals surface area contributed by atoms with Gasteiger partial charge in [-0.3, -0.25) is 14.3 Å². The molecule has 9 nitrogen and oxygen atoms in total. The van der Waals surface area contributed by atoms with Crippen LogP contribution < -0.4 is 5.32 Å². The standard InChI is InChI=1S/C23H39N5O4S/c1-16-9-12-26(13-10-16)22(30)19-8-7-11-27(14-19)33(31,32)21-17(2)25-28(18(21)3)15-20(29)24-23(4,5)6/h16,19H,7-15H2,1-6H3,(H,24,29). The molecule has 3 rings (SSSR count). The topological polar surface area (TPSA) is 105 Å². The van der Waals surface area contributed by atoms with Gasteiger partial charge in [-0.05, 0) is 66.2 Å². The first-order valence-corrected chi connectivity index (χ1v) is 13.4. The molecular weight excluding hydrogens is 442 g/mol. The monoisotopic (exact) mass is 481 g/mol. The van der Waals surface area contributed by atoms with Crippen molar-refractivity contribution in [3.05, 3.63) is 11.4 Å². The van der Waals surface area contributed by atoms with E-state index in [-0.39, 0.29) is 41.3 Å². The Labute approximate surface area is 197 Å². The first-order valence-electron chi connectivity index (χ1n) is 11.9. The van der Waals surface area contributed by atoms with Crippen LogP contribution in [0.4, 0.5) is 0 Å². The lowest BCUT2D eigenvalue weighted by Crippen LogP contribution is -2.48. The number of hydrogen-bond acceptors (Lipinski definition) is 5. The number of sulfonamides is 1. The molecule has 2 saturated heterocycles. The summed E-state index contributed by atoms with van der Waals surface area (Å²) in [5, 5.41) is 7.23. The average molecular weight is 482 g/mol. The Morgan fingerprint density at radius 2 is 1.73 bits per heavy atom. The minimum absolute atomic E-state index is 0.0477. The average Bonchev–Trinajstić information content (AvgIpc) is 3.00. The number of hydrogen-bond donors (Lipinski definition) is 1. The highest BCUT2D eigenvalue weighted by Gasteiger charge is 2.38. The van der Waals surface area contributed by atoms with E-state index in [4.69, 9.17) is 0 Å². The molecule has 2 aliphatic rings. The summed E-state index contributed by atoms with van der Waals surface area (Å²) in [6.45, 7) is 13.2. The quantitative estimate of drug-likeness (QED) is 0.693. The van der Waals surface area contributed by atoms with E-state index in [1.54, 1.807) is 13.8 Å². The van der Waals surface area contributed by atoms with Crippen LogP contribution >= 0.6 is 0 Å².